The first-order chi connectivity index (χ1) is 8.74. The maximum Gasteiger partial charge on any atom is 0.106 e. The molecular formula is C15H21N3. The lowest BCUT2D eigenvalue weighted by Gasteiger charge is -2.23. The highest BCUT2D eigenvalue weighted by atomic mass is 15.0. The Labute approximate surface area is 108 Å². The topological polar surface area (TPSA) is 29.9 Å². The van der Waals surface area contributed by atoms with Crippen molar-refractivity contribution in [2.75, 3.05) is 6.54 Å². The molecule has 1 atom stereocenters. The molecule has 2 aromatic rings. The summed E-state index contributed by atoms with van der Waals surface area (Å²) in [5.74, 6) is 1.08. The van der Waals surface area contributed by atoms with E-state index in [2.05, 4.69) is 47.0 Å². The van der Waals surface area contributed by atoms with E-state index in [0.29, 0.717) is 6.04 Å². The van der Waals surface area contributed by atoms with E-state index in [1.54, 1.807) is 0 Å². The van der Waals surface area contributed by atoms with Crippen molar-refractivity contribution in [3.05, 3.63) is 29.6 Å². The van der Waals surface area contributed by atoms with E-state index in [-0.39, 0.29) is 0 Å². The Hall–Kier alpha value is -1.35. The molecule has 0 amide bonds. The van der Waals surface area contributed by atoms with E-state index in [1.807, 2.05) is 0 Å². The summed E-state index contributed by atoms with van der Waals surface area (Å²) >= 11 is 0. The smallest absolute Gasteiger partial charge is 0.106 e. The lowest BCUT2D eigenvalue weighted by Crippen LogP contribution is -2.35. The van der Waals surface area contributed by atoms with E-state index in [9.17, 15) is 0 Å². The Bertz CT molecular complexity index is 550. The second-order valence-corrected chi connectivity index (χ2v) is 5.39. The third kappa shape index (κ3) is 2.15. The molecule has 18 heavy (non-hydrogen) atoms. The lowest BCUT2D eigenvalue weighted by atomic mass is 9.97. The van der Waals surface area contributed by atoms with Crippen LogP contribution < -0.4 is 5.32 Å². The zero-order valence-electron chi connectivity index (χ0n) is 11.2. The van der Waals surface area contributed by atoms with Crippen LogP contribution in [0.4, 0.5) is 0 Å². The van der Waals surface area contributed by atoms with Crippen molar-refractivity contribution in [2.24, 2.45) is 7.05 Å². The van der Waals surface area contributed by atoms with Gasteiger partial charge in [-0.15, -0.1) is 0 Å². The van der Waals surface area contributed by atoms with E-state index in [1.165, 1.54) is 36.9 Å². The second kappa shape index (κ2) is 4.73. The van der Waals surface area contributed by atoms with Crippen molar-refractivity contribution in [1.29, 1.82) is 0 Å². The van der Waals surface area contributed by atoms with Gasteiger partial charge in [-0.2, -0.15) is 0 Å². The standard InChI is InChI=1S/C15H21N3/c1-11-17-14-10-12(6-7-15(14)18(11)2)9-13-5-3-4-8-16-13/h6-7,10,13,16H,3-5,8-9H2,1-2H3. The summed E-state index contributed by atoms with van der Waals surface area (Å²) in [5.41, 5.74) is 3.76. The molecule has 1 unspecified atom stereocenters. The molecule has 0 aliphatic carbocycles. The quantitative estimate of drug-likeness (QED) is 0.878. The molecule has 0 radical (unpaired) electrons. The van der Waals surface area contributed by atoms with Crippen LogP contribution in [0.2, 0.25) is 0 Å². The number of aryl methyl sites for hydroxylation is 2. The van der Waals surface area contributed by atoms with Crippen LogP contribution in [0.15, 0.2) is 18.2 Å². The fourth-order valence-electron chi connectivity index (χ4n) is 2.88. The van der Waals surface area contributed by atoms with E-state index < -0.39 is 0 Å². The molecule has 1 aromatic carbocycles. The summed E-state index contributed by atoms with van der Waals surface area (Å²) in [7, 11) is 2.08. The van der Waals surface area contributed by atoms with Gasteiger partial charge >= 0.3 is 0 Å². The lowest BCUT2D eigenvalue weighted by molar-refractivity contribution is 0.399. The minimum atomic E-state index is 0.654. The van der Waals surface area contributed by atoms with Gasteiger partial charge in [0.15, 0.2) is 0 Å². The molecule has 3 nitrogen and oxygen atoms in total. The first-order valence-electron chi connectivity index (χ1n) is 6.89. The van der Waals surface area contributed by atoms with Gasteiger partial charge in [-0.1, -0.05) is 12.5 Å². The van der Waals surface area contributed by atoms with Crippen LogP contribution >= 0.6 is 0 Å². The molecule has 1 aliphatic heterocycles. The van der Waals surface area contributed by atoms with Crippen molar-refractivity contribution >= 4 is 11.0 Å². The Morgan fingerprint density at radius 3 is 3.06 bits per heavy atom. The van der Waals surface area contributed by atoms with Gasteiger partial charge in [0.25, 0.3) is 0 Å². The van der Waals surface area contributed by atoms with Crippen LogP contribution in [-0.2, 0) is 13.5 Å². The zero-order valence-corrected chi connectivity index (χ0v) is 11.2. The number of imidazole rings is 1. The number of fused-ring (bicyclic) bond motifs is 1. The molecular weight excluding hydrogens is 222 g/mol. The summed E-state index contributed by atoms with van der Waals surface area (Å²) < 4.78 is 2.15. The molecule has 2 heterocycles. The van der Waals surface area contributed by atoms with Crippen LogP contribution in [0, 0.1) is 6.92 Å². The number of nitrogens with one attached hydrogen (secondary N) is 1. The predicted octanol–water partition coefficient (Wildman–Crippen LogP) is 2.57. The Morgan fingerprint density at radius 1 is 1.39 bits per heavy atom. The molecule has 1 aliphatic rings. The van der Waals surface area contributed by atoms with E-state index in [0.717, 1.165) is 17.8 Å². The second-order valence-electron chi connectivity index (χ2n) is 5.39. The number of nitrogens with zero attached hydrogens (tertiary/aromatic N) is 2. The number of hydrogen-bond donors (Lipinski definition) is 1. The summed E-state index contributed by atoms with van der Waals surface area (Å²) in [6, 6.07) is 7.35. The van der Waals surface area contributed by atoms with Gasteiger partial charge in [-0.3, -0.25) is 0 Å². The highest BCUT2D eigenvalue weighted by Crippen LogP contribution is 2.19. The average molecular weight is 243 g/mol. The van der Waals surface area contributed by atoms with Crippen molar-refractivity contribution < 1.29 is 0 Å². The highest BCUT2D eigenvalue weighted by Gasteiger charge is 2.13. The van der Waals surface area contributed by atoms with Gasteiger partial charge in [0, 0.05) is 13.1 Å². The Balaban J connectivity index is 1.84. The van der Waals surface area contributed by atoms with E-state index in [4.69, 9.17) is 0 Å². The molecule has 3 rings (SSSR count). The SMILES string of the molecule is Cc1nc2cc(CC3CCCCN3)ccc2n1C. The molecule has 1 aromatic heterocycles. The molecule has 1 saturated heterocycles. The number of aromatic nitrogens is 2. The molecule has 1 N–H and O–H groups in total. The molecule has 0 saturated carbocycles. The summed E-state index contributed by atoms with van der Waals surface area (Å²) in [6.07, 6.45) is 5.13. The van der Waals surface area contributed by atoms with Crippen LogP contribution in [-0.4, -0.2) is 22.1 Å². The summed E-state index contributed by atoms with van der Waals surface area (Å²) in [4.78, 5) is 4.61. The minimum Gasteiger partial charge on any atom is -0.331 e. The molecule has 96 valence electrons. The third-order valence-corrected chi connectivity index (χ3v) is 4.06. The van der Waals surface area contributed by atoms with Crippen molar-refractivity contribution in [1.82, 2.24) is 14.9 Å². The molecule has 1 fully saturated rings. The van der Waals surface area contributed by atoms with Crippen LogP contribution in [0.25, 0.3) is 11.0 Å². The maximum atomic E-state index is 4.61. The Kier molecular flexibility index (Phi) is 3.08. The summed E-state index contributed by atoms with van der Waals surface area (Å²) in [6.45, 7) is 3.23. The van der Waals surface area contributed by atoms with Gasteiger partial charge in [0.1, 0.15) is 5.82 Å². The average Bonchev–Trinajstić information content (AvgIpc) is 2.66. The first-order valence-corrected chi connectivity index (χ1v) is 6.89. The maximum absolute atomic E-state index is 4.61. The fraction of sp³-hybridized carbons (Fsp3) is 0.533. The number of rotatable bonds is 2. The number of piperidine rings is 1. The van der Waals surface area contributed by atoms with Gasteiger partial charge < -0.3 is 9.88 Å². The fourth-order valence-corrected chi connectivity index (χ4v) is 2.88. The van der Waals surface area contributed by atoms with Gasteiger partial charge in [-0.05, 0) is 50.4 Å². The molecule has 3 heteroatoms. The zero-order chi connectivity index (χ0) is 12.5. The van der Waals surface area contributed by atoms with Gasteiger partial charge in [0.05, 0.1) is 11.0 Å². The van der Waals surface area contributed by atoms with Crippen LogP contribution in [0.3, 0.4) is 0 Å². The van der Waals surface area contributed by atoms with Crippen LogP contribution in [0.1, 0.15) is 30.7 Å². The van der Waals surface area contributed by atoms with Crippen molar-refractivity contribution in [2.45, 2.75) is 38.6 Å². The molecule has 0 bridgehead atoms. The predicted molar refractivity (Wildman–Crippen MR) is 74.8 cm³/mol. The van der Waals surface area contributed by atoms with Gasteiger partial charge in [0.2, 0.25) is 0 Å². The van der Waals surface area contributed by atoms with Gasteiger partial charge in [-0.25, -0.2) is 4.98 Å². The highest BCUT2D eigenvalue weighted by molar-refractivity contribution is 5.76. The first kappa shape index (κ1) is 11.7. The summed E-state index contributed by atoms with van der Waals surface area (Å²) in [5, 5.41) is 3.61. The third-order valence-electron chi connectivity index (χ3n) is 4.06. The monoisotopic (exact) mass is 243 g/mol. The number of benzene rings is 1. The Morgan fingerprint density at radius 2 is 2.28 bits per heavy atom. The number of hydrogen-bond acceptors (Lipinski definition) is 2. The molecule has 0 spiro atoms. The van der Waals surface area contributed by atoms with Crippen molar-refractivity contribution in [3.63, 3.8) is 0 Å². The van der Waals surface area contributed by atoms with Crippen LogP contribution in [0.5, 0.6) is 0 Å². The minimum absolute atomic E-state index is 0.654. The largest absolute Gasteiger partial charge is 0.331 e. The van der Waals surface area contributed by atoms with Crippen molar-refractivity contribution in [3.8, 4) is 0 Å². The normalized spacial score (nSPS) is 20.4. The van der Waals surface area contributed by atoms with E-state index >= 15 is 0 Å².